The van der Waals surface area contributed by atoms with Crippen LogP contribution in [0.1, 0.15) is 29.8 Å². The van der Waals surface area contributed by atoms with Gasteiger partial charge in [0, 0.05) is 13.1 Å². The second-order valence-corrected chi connectivity index (χ2v) is 4.89. The number of amides is 1. The zero-order valence-electron chi connectivity index (χ0n) is 12.8. The zero-order chi connectivity index (χ0) is 15.2. The van der Waals surface area contributed by atoms with E-state index in [1.165, 1.54) is 0 Å². The van der Waals surface area contributed by atoms with Gasteiger partial charge in [0.05, 0.1) is 5.56 Å². The maximum atomic E-state index is 12.5. The Morgan fingerprint density at radius 2 is 1.76 bits per heavy atom. The van der Waals surface area contributed by atoms with Gasteiger partial charge in [-0.15, -0.1) is 0 Å². The Balaban J connectivity index is 2.31. The first kappa shape index (κ1) is 15.1. The molecular weight excluding hydrogens is 262 g/mol. The van der Waals surface area contributed by atoms with E-state index in [0.29, 0.717) is 24.4 Å². The van der Waals surface area contributed by atoms with E-state index in [-0.39, 0.29) is 5.91 Å². The fourth-order valence-electron chi connectivity index (χ4n) is 2.22. The monoisotopic (exact) mass is 283 g/mol. The number of aryl methyl sites for hydroxylation is 1. The van der Waals surface area contributed by atoms with Crippen molar-refractivity contribution in [3.05, 3.63) is 59.7 Å². The molecule has 0 saturated heterocycles. The number of hydrogen-bond acceptors (Lipinski definition) is 2. The normalized spacial score (nSPS) is 10.2. The van der Waals surface area contributed by atoms with Crippen LogP contribution >= 0.6 is 0 Å². The summed E-state index contributed by atoms with van der Waals surface area (Å²) in [6.45, 7) is 7.35. The number of carbonyl (C=O) groups is 1. The maximum absolute atomic E-state index is 12.5. The molecule has 0 saturated carbocycles. The summed E-state index contributed by atoms with van der Waals surface area (Å²) in [7, 11) is 0. The number of ether oxygens (including phenoxy) is 1. The minimum absolute atomic E-state index is 0.00301. The molecular formula is C18H21NO2. The molecule has 1 amide bonds. The average molecular weight is 283 g/mol. The summed E-state index contributed by atoms with van der Waals surface area (Å²) in [5, 5.41) is 0. The molecule has 0 unspecified atom stereocenters. The maximum Gasteiger partial charge on any atom is 0.257 e. The Morgan fingerprint density at radius 3 is 2.43 bits per heavy atom. The average Bonchev–Trinajstić information content (AvgIpc) is 2.49. The van der Waals surface area contributed by atoms with Crippen LogP contribution in [0.5, 0.6) is 11.5 Å². The molecule has 110 valence electrons. The van der Waals surface area contributed by atoms with E-state index in [1.54, 1.807) is 4.90 Å². The number of hydrogen-bond donors (Lipinski definition) is 0. The van der Waals surface area contributed by atoms with Crippen LogP contribution in [0.3, 0.4) is 0 Å². The van der Waals surface area contributed by atoms with Crippen molar-refractivity contribution < 1.29 is 9.53 Å². The topological polar surface area (TPSA) is 29.5 Å². The Labute approximate surface area is 126 Å². The number of nitrogens with zero attached hydrogens (tertiary/aromatic N) is 1. The molecule has 0 atom stereocenters. The van der Waals surface area contributed by atoms with Crippen LogP contribution in [-0.2, 0) is 0 Å². The molecule has 21 heavy (non-hydrogen) atoms. The highest BCUT2D eigenvalue weighted by Crippen LogP contribution is 2.26. The summed E-state index contributed by atoms with van der Waals surface area (Å²) < 4.78 is 5.90. The fourth-order valence-corrected chi connectivity index (χ4v) is 2.22. The summed E-state index contributed by atoms with van der Waals surface area (Å²) >= 11 is 0. The molecule has 0 aliphatic heterocycles. The minimum Gasteiger partial charge on any atom is -0.457 e. The van der Waals surface area contributed by atoms with Gasteiger partial charge in [-0.25, -0.2) is 0 Å². The van der Waals surface area contributed by atoms with Crippen molar-refractivity contribution in [1.29, 1.82) is 0 Å². The quantitative estimate of drug-likeness (QED) is 0.820. The molecule has 0 bridgehead atoms. The molecule has 2 rings (SSSR count). The van der Waals surface area contributed by atoms with Crippen LogP contribution in [0, 0.1) is 6.92 Å². The van der Waals surface area contributed by atoms with Crippen molar-refractivity contribution >= 4 is 5.91 Å². The van der Waals surface area contributed by atoms with Gasteiger partial charge in [0.15, 0.2) is 0 Å². The van der Waals surface area contributed by atoms with E-state index >= 15 is 0 Å². The third-order valence-corrected chi connectivity index (χ3v) is 3.39. The lowest BCUT2D eigenvalue weighted by Crippen LogP contribution is -2.30. The summed E-state index contributed by atoms with van der Waals surface area (Å²) in [6.07, 6.45) is 0. The third kappa shape index (κ3) is 3.63. The molecule has 3 heteroatoms. The van der Waals surface area contributed by atoms with E-state index in [4.69, 9.17) is 4.74 Å². The lowest BCUT2D eigenvalue weighted by molar-refractivity contribution is 0.0770. The van der Waals surface area contributed by atoms with E-state index in [2.05, 4.69) is 0 Å². The second-order valence-electron chi connectivity index (χ2n) is 4.89. The smallest absolute Gasteiger partial charge is 0.257 e. The van der Waals surface area contributed by atoms with Gasteiger partial charge in [-0.3, -0.25) is 4.79 Å². The number of para-hydroxylation sites is 1. The second kappa shape index (κ2) is 6.93. The van der Waals surface area contributed by atoms with Gasteiger partial charge in [0.2, 0.25) is 0 Å². The first-order valence-corrected chi connectivity index (χ1v) is 7.28. The molecule has 3 nitrogen and oxygen atoms in total. The summed E-state index contributed by atoms with van der Waals surface area (Å²) in [5.41, 5.74) is 1.72. The molecule has 0 N–H and O–H groups in total. The van der Waals surface area contributed by atoms with Gasteiger partial charge in [-0.05, 0) is 50.6 Å². The van der Waals surface area contributed by atoms with Crippen molar-refractivity contribution in [2.24, 2.45) is 0 Å². The molecule has 0 aromatic heterocycles. The summed E-state index contributed by atoms with van der Waals surface area (Å²) in [5.74, 6) is 1.35. The van der Waals surface area contributed by atoms with Crippen LogP contribution in [0.15, 0.2) is 48.5 Å². The first-order valence-electron chi connectivity index (χ1n) is 7.28. The lowest BCUT2D eigenvalue weighted by atomic mass is 10.1. The van der Waals surface area contributed by atoms with Gasteiger partial charge in [0.25, 0.3) is 5.91 Å². The van der Waals surface area contributed by atoms with E-state index in [0.717, 1.165) is 11.3 Å². The van der Waals surface area contributed by atoms with Crippen LogP contribution < -0.4 is 4.74 Å². The van der Waals surface area contributed by atoms with Crippen molar-refractivity contribution in [3.63, 3.8) is 0 Å². The number of benzene rings is 2. The van der Waals surface area contributed by atoms with Gasteiger partial charge in [-0.2, -0.15) is 0 Å². The molecule has 2 aromatic rings. The first-order chi connectivity index (χ1) is 10.2. The lowest BCUT2D eigenvalue weighted by Gasteiger charge is -2.20. The highest BCUT2D eigenvalue weighted by molar-refractivity contribution is 5.97. The molecule has 2 aromatic carbocycles. The zero-order valence-corrected chi connectivity index (χ0v) is 12.8. The highest BCUT2D eigenvalue weighted by atomic mass is 16.5. The Hall–Kier alpha value is -2.29. The Bertz CT molecular complexity index is 618. The van der Waals surface area contributed by atoms with Crippen molar-refractivity contribution in [1.82, 2.24) is 4.90 Å². The number of carbonyl (C=O) groups excluding carboxylic acids is 1. The van der Waals surface area contributed by atoms with Gasteiger partial charge >= 0.3 is 0 Å². The van der Waals surface area contributed by atoms with Gasteiger partial charge < -0.3 is 9.64 Å². The van der Waals surface area contributed by atoms with Crippen LogP contribution in [0.25, 0.3) is 0 Å². The third-order valence-electron chi connectivity index (χ3n) is 3.39. The van der Waals surface area contributed by atoms with Gasteiger partial charge in [0.1, 0.15) is 11.5 Å². The van der Waals surface area contributed by atoms with Crippen molar-refractivity contribution in [2.45, 2.75) is 20.8 Å². The molecule has 0 aliphatic carbocycles. The van der Waals surface area contributed by atoms with E-state index < -0.39 is 0 Å². The fraction of sp³-hybridized carbons (Fsp3) is 0.278. The Kier molecular flexibility index (Phi) is 4.99. The van der Waals surface area contributed by atoms with Crippen LogP contribution in [0.4, 0.5) is 0 Å². The SMILES string of the molecule is CCN(CC)C(=O)c1ccccc1Oc1cccc(C)c1. The van der Waals surface area contributed by atoms with Crippen molar-refractivity contribution in [2.75, 3.05) is 13.1 Å². The van der Waals surface area contributed by atoms with E-state index in [9.17, 15) is 4.79 Å². The summed E-state index contributed by atoms with van der Waals surface area (Å²) in [4.78, 5) is 14.3. The van der Waals surface area contributed by atoms with Crippen molar-refractivity contribution in [3.8, 4) is 11.5 Å². The van der Waals surface area contributed by atoms with E-state index in [1.807, 2.05) is 69.3 Å². The van der Waals surface area contributed by atoms with Gasteiger partial charge in [-0.1, -0.05) is 24.3 Å². The molecule has 0 radical (unpaired) electrons. The van der Waals surface area contributed by atoms with Crippen LogP contribution in [-0.4, -0.2) is 23.9 Å². The minimum atomic E-state index is 0.00301. The highest BCUT2D eigenvalue weighted by Gasteiger charge is 2.17. The van der Waals surface area contributed by atoms with Crippen LogP contribution in [0.2, 0.25) is 0 Å². The molecule has 0 spiro atoms. The molecule has 0 heterocycles. The summed E-state index contributed by atoms with van der Waals surface area (Å²) in [6, 6.07) is 15.2. The standard InChI is InChI=1S/C18H21NO2/c1-4-19(5-2)18(20)16-11-6-7-12-17(16)21-15-10-8-9-14(3)13-15/h6-13H,4-5H2,1-3H3. The Morgan fingerprint density at radius 1 is 1.05 bits per heavy atom. The number of rotatable bonds is 5. The predicted octanol–water partition coefficient (Wildman–Crippen LogP) is 4.27. The molecule has 0 aliphatic rings. The largest absolute Gasteiger partial charge is 0.457 e. The molecule has 0 fully saturated rings. The predicted molar refractivity (Wildman–Crippen MR) is 84.9 cm³/mol.